The Bertz CT molecular complexity index is 307. The summed E-state index contributed by atoms with van der Waals surface area (Å²) in [6, 6.07) is 0. The second-order valence-electron chi connectivity index (χ2n) is 7.01. The first-order chi connectivity index (χ1) is 9.35. The summed E-state index contributed by atoms with van der Waals surface area (Å²) >= 11 is 0. The van der Waals surface area contributed by atoms with E-state index in [-0.39, 0.29) is 5.41 Å². The lowest BCUT2D eigenvalue weighted by Crippen LogP contribution is -2.47. The lowest BCUT2D eigenvalue weighted by molar-refractivity contribution is 0.119. The highest BCUT2D eigenvalue weighted by Crippen LogP contribution is 2.22. The maximum atomic E-state index is 8.77. The molecule has 5 heteroatoms. The summed E-state index contributed by atoms with van der Waals surface area (Å²) in [6.07, 6.45) is 2.04. The molecule has 0 saturated carbocycles. The average Bonchev–Trinajstić information content (AvgIpc) is 2.39. The Kier molecular flexibility index (Phi) is 6.76. The Labute approximate surface area is 123 Å². The van der Waals surface area contributed by atoms with Crippen molar-refractivity contribution in [2.75, 3.05) is 39.3 Å². The molecule has 1 aliphatic rings. The Morgan fingerprint density at radius 2 is 1.75 bits per heavy atom. The van der Waals surface area contributed by atoms with Crippen molar-refractivity contribution in [3.05, 3.63) is 0 Å². The van der Waals surface area contributed by atoms with Gasteiger partial charge in [-0.15, -0.1) is 0 Å². The van der Waals surface area contributed by atoms with Crippen LogP contribution in [0.5, 0.6) is 0 Å². The molecule has 1 aliphatic heterocycles. The number of hydrogen-bond acceptors (Lipinski definition) is 4. The Hall–Kier alpha value is -0.810. The zero-order valence-electron chi connectivity index (χ0n) is 13.6. The average molecular weight is 284 g/mol. The van der Waals surface area contributed by atoms with Gasteiger partial charge in [0.2, 0.25) is 0 Å². The predicted octanol–water partition coefficient (Wildman–Crippen LogP) is 1.81. The number of rotatable bonds is 7. The van der Waals surface area contributed by atoms with E-state index in [1.54, 1.807) is 0 Å². The van der Waals surface area contributed by atoms with Gasteiger partial charge in [0, 0.05) is 38.1 Å². The molecule has 0 bridgehead atoms. The molecule has 0 aromatic heterocycles. The van der Waals surface area contributed by atoms with Gasteiger partial charge < -0.3 is 20.7 Å². The van der Waals surface area contributed by atoms with Crippen molar-refractivity contribution in [1.82, 2.24) is 9.80 Å². The van der Waals surface area contributed by atoms with Crippen molar-refractivity contribution in [1.29, 1.82) is 0 Å². The van der Waals surface area contributed by atoms with Crippen LogP contribution in [0.15, 0.2) is 5.16 Å². The highest BCUT2D eigenvalue weighted by atomic mass is 16.4. The minimum absolute atomic E-state index is 0.214. The summed E-state index contributed by atoms with van der Waals surface area (Å²) in [6.45, 7) is 15.6. The van der Waals surface area contributed by atoms with E-state index in [1.807, 2.05) is 13.8 Å². The fraction of sp³-hybridized carbons (Fsp3) is 0.933. The van der Waals surface area contributed by atoms with Crippen molar-refractivity contribution < 1.29 is 5.21 Å². The van der Waals surface area contributed by atoms with Gasteiger partial charge in [-0.1, -0.05) is 32.9 Å². The van der Waals surface area contributed by atoms with E-state index in [1.165, 1.54) is 19.6 Å². The topological polar surface area (TPSA) is 65.1 Å². The third kappa shape index (κ3) is 5.67. The van der Waals surface area contributed by atoms with Crippen molar-refractivity contribution in [2.45, 2.75) is 40.5 Å². The number of piperazine rings is 1. The first-order valence-electron chi connectivity index (χ1n) is 7.78. The maximum Gasteiger partial charge on any atom is 0.144 e. The molecule has 1 fully saturated rings. The van der Waals surface area contributed by atoms with Crippen LogP contribution in [-0.2, 0) is 0 Å². The van der Waals surface area contributed by atoms with Crippen LogP contribution in [0.4, 0.5) is 0 Å². The molecule has 1 saturated heterocycles. The third-order valence-electron chi connectivity index (χ3n) is 4.17. The summed E-state index contributed by atoms with van der Waals surface area (Å²) in [4.78, 5) is 5.08. The molecule has 0 aromatic carbocycles. The van der Waals surface area contributed by atoms with Crippen LogP contribution in [0, 0.1) is 11.3 Å². The van der Waals surface area contributed by atoms with Gasteiger partial charge in [-0.2, -0.15) is 0 Å². The molecule has 0 amide bonds. The number of nitrogens with two attached hydrogens (primary N) is 1. The number of amidine groups is 1. The SMILES string of the molecule is CC(C)CN1CCN(CCCC(C)(C)C(N)=NO)CC1. The summed E-state index contributed by atoms with van der Waals surface area (Å²) in [5.41, 5.74) is 5.50. The highest BCUT2D eigenvalue weighted by Gasteiger charge is 2.24. The summed E-state index contributed by atoms with van der Waals surface area (Å²) < 4.78 is 0. The lowest BCUT2D eigenvalue weighted by Gasteiger charge is -2.36. The summed E-state index contributed by atoms with van der Waals surface area (Å²) in [5, 5.41) is 11.9. The molecule has 20 heavy (non-hydrogen) atoms. The zero-order valence-corrected chi connectivity index (χ0v) is 13.6. The minimum atomic E-state index is -0.214. The van der Waals surface area contributed by atoms with Crippen LogP contribution in [0.3, 0.4) is 0 Å². The third-order valence-corrected chi connectivity index (χ3v) is 4.17. The molecule has 3 N–H and O–H groups in total. The van der Waals surface area contributed by atoms with E-state index < -0.39 is 0 Å². The van der Waals surface area contributed by atoms with Gasteiger partial charge in [-0.05, 0) is 25.3 Å². The van der Waals surface area contributed by atoms with Gasteiger partial charge in [0.1, 0.15) is 5.84 Å². The first kappa shape index (κ1) is 17.2. The predicted molar refractivity (Wildman–Crippen MR) is 84.1 cm³/mol. The van der Waals surface area contributed by atoms with Crippen molar-refractivity contribution in [3.8, 4) is 0 Å². The first-order valence-corrected chi connectivity index (χ1v) is 7.78. The second kappa shape index (κ2) is 7.84. The molecule has 0 spiro atoms. The molecule has 0 unspecified atom stereocenters. The normalized spacial score (nSPS) is 19.8. The fourth-order valence-corrected chi connectivity index (χ4v) is 2.72. The molecule has 0 radical (unpaired) electrons. The number of oxime groups is 1. The van der Waals surface area contributed by atoms with Gasteiger partial charge in [0.15, 0.2) is 0 Å². The van der Waals surface area contributed by atoms with Gasteiger partial charge in [-0.25, -0.2) is 0 Å². The van der Waals surface area contributed by atoms with E-state index in [0.717, 1.165) is 38.4 Å². The van der Waals surface area contributed by atoms with E-state index in [0.29, 0.717) is 5.84 Å². The van der Waals surface area contributed by atoms with Crippen molar-refractivity contribution >= 4 is 5.84 Å². The van der Waals surface area contributed by atoms with Crippen molar-refractivity contribution in [2.24, 2.45) is 22.2 Å². The molecule has 0 atom stereocenters. The van der Waals surface area contributed by atoms with Crippen LogP contribution in [0.2, 0.25) is 0 Å². The Morgan fingerprint density at radius 3 is 2.25 bits per heavy atom. The van der Waals surface area contributed by atoms with E-state index >= 15 is 0 Å². The quantitative estimate of drug-likeness (QED) is 0.324. The van der Waals surface area contributed by atoms with Gasteiger partial charge >= 0.3 is 0 Å². The molecule has 0 aliphatic carbocycles. The fourth-order valence-electron chi connectivity index (χ4n) is 2.72. The molecule has 5 nitrogen and oxygen atoms in total. The maximum absolute atomic E-state index is 8.77. The molecule has 1 heterocycles. The molecule has 0 aromatic rings. The van der Waals surface area contributed by atoms with Gasteiger partial charge in [-0.3, -0.25) is 0 Å². The highest BCUT2D eigenvalue weighted by molar-refractivity contribution is 5.85. The Morgan fingerprint density at radius 1 is 1.20 bits per heavy atom. The second-order valence-corrected chi connectivity index (χ2v) is 7.01. The van der Waals surface area contributed by atoms with Crippen LogP contribution >= 0.6 is 0 Å². The van der Waals surface area contributed by atoms with E-state index in [4.69, 9.17) is 10.9 Å². The van der Waals surface area contributed by atoms with E-state index in [9.17, 15) is 0 Å². The molecule has 1 rings (SSSR count). The van der Waals surface area contributed by atoms with Gasteiger partial charge in [0.05, 0.1) is 0 Å². The standard InChI is InChI=1S/C15H32N4O/c1-13(2)12-19-10-8-18(9-11-19)7-5-6-15(3,4)14(16)17-20/h13,20H,5-12H2,1-4H3,(H2,16,17). The van der Waals surface area contributed by atoms with Crippen LogP contribution in [0.25, 0.3) is 0 Å². The van der Waals surface area contributed by atoms with Crippen LogP contribution < -0.4 is 5.73 Å². The van der Waals surface area contributed by atoms with Crippen LogP contribution in [0.1, 0.15) is 40.5 Å². The zero-order chi connectivity index (χ0) is 15.2. The molecule has 118 valence electrons. The van der Waals surface area contributed by atoms with Crippen LogP contribution in [-0.4, -0.2) is 60.1 Å². The van der Waals surface area contributed by atoms with E-state index in [2.05, 4.69) is 28.8 Å². The largest absolute Gasteiger partial charge is 0.409 e. The van der Waals surface area contributed by atoms with Gasteiger partial charge in [0.25, 0.3) is 0 Å². The monoisotopic (exact) mass is 284 g/mol. The number of hydrogen-bond donors (Lipinski definition) is 2. The van der Waals surface area contributed by atoms with Crippen molar-refractivity contribution in [3.63, 3.8) is 0 Å². The summed E-state index contributed by atoms with van der Waals surface area (Å²) in [5.74, 6) is 1.09. The Balaban J connectivity index is 2.22. The smallest absolute Gasteiger partial charge is 0.144 e. The summed E-state index contributed by atoms with van der Waals surface area (Å²) in [7, 11) is 0. The molecular formula is C15H32N4O. The number of nitrogens with zero attached hydrogens (tertiary/aromatic N) is 3. The minimum Gasteiger partial charge on any atom is -0.409 e. The lowest BCUT2D eigenvalue weighted by atomic mass is 9.86. The molecular weight excluding hydrogens is 252 g/mol.